The Bertz CT molecular complexity index is 1220. The summed E-state index contributed by atoms with van der Waals surface area (Å²) >= 11 is 0. The minimum atomic E-state index is -5.34. The molecule has 12 heteroatoms. The van der Waals surface area contributed by atoms with Crippen molar-refractivity contribution in [1.29, 1.82) is 0 Å². The van der Waals surface area contributed by atoms with Crippen LogP contribution < -0.4 is 9.47 Å². The number of hydrogen-bond acceptors (Lipinski definition) is 4. The van der Waals surface area contributed by atoms with Crippen LogP contribution in [0.25, 0.3) is 11.1 Å². The molecule has 238 valence electrons. The van der Waals surface area contributed by atoms with Gasteiger partial charge in [0, 0.05) is 23.5 Å². The fourth-order valence-corrected chi connectivity index (χ4v) is 6.66. The van der Waals surface area contributed by atoms with Gasteiger partial charge in [-0.3, -0.25) is 0 Å². The van der Waals surface area contributed by atoms with E-state index < -0.39 is 58.5 Å². The molecule has 0 spiro atoms. The molecule has 2 aromatic carbocycles. The molecule has 2 aliphatic carbocycles. The minimum Gasteiger partial charge on any atom is -0.432 e. The average molecular weight is 623 g/mol. The largest absolute Gasteiger partial charge is 0.573 e. The molecular weight excluding hydrogens is 588 g/mol. The van der Waals surface area contributed by atoms with Gasteiger partial charge in [0.25, 0.3) is 0 Å². The molecule has 4 nitrogen and oxygen atoms in total. The van der Waals surface area contributed by atoms with Gasteiger partial charge in [-0.05, 0) is 93.0 Å². The first kappa shape index (κ1) is 31.8. The van der Waals surface area contributed by atoms with Crippen molar-refractivity contribution in [2.45, 2.75) is 77.1 Å². The summed E-state index contributed by atoms with van der Waals surface area (Å²) in [6, 6.07) is 3.56. The van der Waals surface area contributed by atoms with Crippen molar-refractivity contribution in [1.82, 2.24) is 0 Å². The summed E-state index contributed by atoms with van der Waals surface area (Å²) in [7, 11) is 0. The normalized spacial score (nSPS) is 28.9. The highest BCUT2D eigenvalue weighted by molar-refractivity contribution is 5.66. The summed E-state index contributed by atoms with van der Waals surface area (Å²) in [4.78, 5) is 0. The Morgan fingerprint density at radius 3 is 1.74 bits per heavy atom. The molecule has 0 bridgehead atoms. The number of alkyl halides is 5. The van der Waals surface area contributed by atoms with Gasteiger partial charge in [-0.15, -0.1) is 13.2 Å². The lowest BCUT2D eigenvalue weighted by atomic mass is 9.69. The molecule has 0 aromatic heterocycles. The number of halogens is 8. The van der Waals surface area contributed by atoms with Crippen LogP contribution in [0, 0.1) is 47.0 Å². The average Bonchev–Trinajstić information content (AvgIpc) is 2.95. The highest BCUT2D eigenvalue weighted by Crippen LogP contribution is 2.46. The Balaban J connectivity index is 1.14. The van der Waals surface area contributed by atoms with Crippen molar-refractivity contribution < 1.29 is 54.1 Å². The molecule has 3 fully saturated rings. The third-order valence-electron chi connectivity index (χ3n) is 8.93. The monoisotopic (exact) mass is 622 g/mol. The lowest BCUT2D eigenvalue weighted by Crippen LogP contribution is -2.40. The summed E-state index contributed by atoms with van der Waals surface area (Å²) in [5.41, 5.74) is -0.862. The number of ether oxygens (including phenoxy) is 4. The molecule has 3 aliphatic rings. The van der Waals surface area contributed by atoms with Gasteiger partial charge < -0.3 is 18.9 Å². The van der Waals surface area contributed by atoms with Crippen molar-refractivity contribution in [2.24, 2.45) is 29.6 Å². The van der Waals surface area contributed by atoms with Crippen LogP contribution in [0.4, 0.5) is 35.1 Å². The zero-order valence-corrected chi connectivity index (χ0v) is 23.6. The van der Waals surface area contributed by atoms with Crippen molar-refractivity contribution in [3.05, 3.63) is 47.8 Å². The number of hydrogen-bond donors (Lipinski definition) is 0. The molecule has 0 radical (unpaired) electrons. The second-order valence-electron chi connectivity index (χ2n) is 12.0. The summed E-state index contributed by atoms with van der Waals surface area (Å²) in [5, 5.41) is 0. The van der Waals surface area contributed by atoms with E-state index in [1.165, 1.54) is 0 Å². The maximum atomic E-state index is 15.1. The zero-order chi connectivity index (χ0) is 30.9. The van der Waals surface area contributed by atoms with Gasteiger partial charge in [-0.25, -0.2) is 13.2 Å². The van der Waals surface area contributed by atoms with Crippen LogP contribution in [0.5, 0.6) is 11.5 Å². The summed E-state index contributed by atoms with van der Waals surface area (Å²) in [6.07, 6.45) is -3.23. The zero-order valence-electron chi connectivity index (χ0n) is 23.6. The molecule has 43 heavy (non-hydrogen) atoms. The SMILES string of the molecule is CC1COC(C2CCC(C3CCC(C(F)(F)Oc4ccc(-c5cc(F)c(OC(F)(F)F)c(F)c5)c(F)c4)CC3)CC2)OC1. The van der Waals surface area contributed by atoms with E-state index in [1.807, 2.05) is 0 Å². The van der Waals surface area contributed by atoms with Crippen LogP contribution in [0.3, 0.4) is 0 Å². The molecule has 0 N–H and O–H groups in total. The van der Waals surface area contributed by atoms with Crippen LogP contribution in [-0.4, -0.2) is 32.0 Å². The third kappa shape index (κ3) is 7.74. The van der Waals surface area contributed by atoms with E-state index in [0.717, 1.165) is 37.8 Å². The first-order valence-electron chi connectivity index (χ1n) is 14.6. The minimum absolute atomic E-state index is 0.150. The van der Waals surface area contributed by atoms with E-state index in [1.54, 1.807) is 0 Å². The first-order chi connectivity index (χ1) is 20.3. The Labute approximate surface area is 244 Å². The summed E-state index contributed by atoms with van der Waals surface area (Å²) < 4.78 is 130. The molecule has 1 heterocycles. The van der Waals surface area contributed by atoms with Crippen molar-refractivity contribution in [3.63, 3.8) is 0 Å². The number of rotatable bonds is 7. The Kier molecular flexibility index (Phi) is 9.46. The first-order valence-corrected chi connectivity index (χ1v) is 14.6. The highest BCUT2D eigenvalue weighted by atomic mass is 19.4. The Hall–Kier alpha value is -2.60. The molecule has 5 rings (SSSR count). The fraction of sp³-hybridized carbons (Fsp3) is 0.613. The van der Waals surface area contributed by atoms with E-state index in [-0.39, 0.29) is 19.1 Å². The van der Waals surface area contributed by atoms with Gasteiger partial charge in [-0.2, -0.15) is 8.78 Å². The van der Waals surface area contributed by atoms with Crippen molar-refractivity contribution in [3.8, 4) is 22.6 Å². The lowest BCUT2D eigenvalue weighted by Gasteiger charge is -2.41. The maximum Gasteiger partial charge on any atom is 0.573 e. The topological polar surface area (TPSA) is 36.9 Å². The quantitative estimate of drug-likeness (QED) is 0.289. The van der Waals surface area contributed by atoms with Gasteiger partial charge in [0.15, 0.2) is 17.9 Å². The highest BCUT2D eigenvalue weighted by Gasteiger charge is 2.45. The predicted octanol–water partition coefficient (Wildman–Crippen LogP) is 9.26. The van der Waals surface area contributed by atoms with Gasteiger partial charge in [0.05, 0.1) is 19.1 Å². The van der Waals surface area contributed by atoms with E-state index in [9.17, 15) is 26.3 Å². The second kappa shape index (κ2) is 12.8. The van der Waals surface area contributed by atoms with Crippen molar-refractivity contribution >= 4 is 0 Å². The van der Waals surface area contributed by atoms with E-state index >= 15 is 8.78 Å². The van der Waals surface area contributed by atoms with Crippen LogP contribution in [-0.2, 0) is 9.47 Å². The molecule has 1 saturated heterocycles. The van der Waals surface area contributed by atoms with Gasteiger partial charge in [-0.1, -0.05) is 6.92 Å². The standard InChI is InChI=1S/C31H34F8O4/c1-17-15-40-29(41-16-17)20-4-2-18(3-5-20)19-6-8-22(9-7-19)30(35,36)42-23-10-11-24(25(32)14-23)21-12-26(33)28(27(34)13-21)43-31(37,38)39/h10-14,17-20,22,29H,2-9,15-16H2,1H3. The lowest BCUT2D eigenvalue weighted by molar-refractivity contribution is -0.276. The molecule has 1 aliphatic heterocycles. The fourth-order valence-electron chi connectivity index (χ4n) is 6.66. The van der Waals surface area contributed by atoms with Gasteiger partial charge in [0.2, 0.25) is 5.75 Å². The van der Waals surface area contributed by atoms with Gasteiger partial charge in [0.1, 0.15) is 11.6 Å². The van der Waals surface area contributed by atoms with Gasteiger partial charge >= 0.3 is 12.5 Å². The van der Waals surface area contributed by atoms with Crippen LogP contribution in [0.1, 0.15) is 58.3 Å². The van der Waals surface area contributed by atoms with Crippen LogP contribution in [0.15, 0.2) is 30.3 Å². The van der Waals surface area contributed by atoms with Crippen molar-refractivity contribution in [2.75, 3.05) is 13.2 Å². The maximum absolute atomic E-state index is 15.1. The molecule has 0 amide bonds. The summed E-state index contributed by atoms with van der Waals surface area (Å²) in [6.45, 7) is 3.50. The smallest absolute Gasteiger partial charge is 0.432 e. The second-order valence-corrected chi connectivity index (χ2v) is 12.0. The molecular formula is C31H34F8O4. The molecule has 0 unspecified atom stereocenters. The van der Waals surface area contributed by atoms with E-state index in [4.69, 9.17) is 14.2 Å². The number of benzene rings is 2. The van der Waals surface area contributed by atoms with E-state index in [0.29, 0.717) is 67.9 Å². The Morgan fingerprint density at radius 1 is 0.674 bits per heavy atom. The van der Waals surface area contributed by atoms with E-state index in [2.05, 4.69) is 11.7 Å². The van der Waals surface area contributed by atoms with Crippen LogP contribution >= 0.6 is 0 Å². The molecule has 2 saturated carbocycles. The molecule has 0 atom stereocenters. The Morgan fingerprint density at radius 2 is 1.21 bits per heavy atom. The summed E-state index contributed by atoms with van der Waals surface area (Å²) in [5.74, 6) is -6.18. The third-order valence-corrected chi connectivity index (χ3v) is 8.93. The molecule has 2 aromatic rings. The predicted molar refractivity (Wildman–Crippen MR) is 140 cm³/mol. The van der Waals surface area contributed by atoms with Crippen LogP contribution in [0.2, 0.25) is 0 Å².